The van der Waals surface area contributed by atoms with Gasteiger partial charge in [0.15, 0.2) is 5.58 Å². The summed E-state index contributed by atoms with van der Waals surface area (Å²) in [5.74, 6) is 1.31. The van der Waals surface area contributed by atoms with Gasteiger partial charge in [-0.05, 0) is 43.5 Å². The Morgan fingerprint density at radius 1 is 1.16 bits per heavy atom. The number of carbonyl (C=O) groups is 1. The Morgan fingerprint density at radius 3 is 2.87 bits per heavy atom. The highest BCUT2D eigenvalue weighted by Gasteiger charge is 2.32. The predicted molar refractivity (Wildman–Crippen MR) is 115 cm³/mol. The van der Waals surface area contributed by atoms with Crippen molar-refractivity contribution in [3.05, 3.63) is 48.5 Å². The number of para-hydroxylation sites is 3. The normalized spacial score (nSPS) is 21.5. The molecule has 1 amide bonds. The average molecular weight is 416 g/mol. The van der Waals surface area contributed by atoms with E-state index in [1.165, 1.54) is 0 Å². The van der Waals surface area contributed by atoms with Crippen molar-refractivity contribution >= 4 is 17.0 Å². The zero-order valence-corrected chi connectivity index (χ0v) is 17.2. The van der Waals surface area contributed by atoms with Crippen LogP contribution in [0.25, 0.3) is 22.6 Å². The van der Waals surface area contributed by atoms with Crippen molar-refractivity contribution in [1.82, 2.24) is 14.8 Å². The highest BCUT2D eigenvalue weighted by Crippen LogP contribution is 2.33. The quantitative estimate of drug-likeness (QED) is 0.633. The second-order valence-corrected chi connectivity index (χ2v) is 8.12. The Morgan fingerprint density at radius 2 is 2.00 bits per heavy atom. The minimum absolute atomic E-state index is 0.0105. The number of rotatable bonds is 5. The number of oxazole rings is 1. The van der Waals surface area contributed by atoms with Crippen molar-refractivity contribution in [2.24, 2.45) is 0 Å². The molecule has 7 nitrogen and oxygen atoms in total. The van der Waals surface area contributed by atoms with Gasteiger partial charge in [-0.25, -0.2) is 4.98 Å². The maximum Gasteiger partial charge on any atom is 0.237 e. The van der Waals surface area contributed by atoms with E-state index < -0.39 is 0 Å². The van der Waals surface area contributed by atoms with Gasteiger partial charge in [-0.15, -0.1) is 0 Å². The van der Waals surface area contributed by atoms with E-state index in [4.69, 9.17) is 9.15 Å². The number of fused-ring (bicyclic) bond motifs is 1. The highest BCUT2D eigenvalue weighted by molar-refractivity contribution is 5.79. The van der Waals surface area contributed by atoms with Crippen LogP contribution in [0, 0.1) is 11.3 Å². The molecule has 2 fully saturated rings. The number of likely N-dealkylation sites (tertiary alicyclic amines) is 2. The zero-order valence-electron chi connectivity index (χ0n) is 17.2. The topological polar surface area (TPSA) is 82.6 Å². The van der Waals surface area contributed by atoms with Gasteiger partial charge in [0.2, 0.25) is 11.8 Å². The summed E-state index contributed by atoms with van der Waals surface area (Å²) in [5.41, 5.74) is 2.38. The lowest BCUT2D eigenvalue weighted by Crippen LogP contribution is -2.42. The van der Waals surface area contributed by atoms with E-state index >= 15 is 0 Å². The molecule has 0 radical (unpaired) electrons. The molecule has 0 bridgehead atoms. The number of carbonyl (C=O) groups excluding carboxylic acids is 1. The fraction of sp³-hybridized carbons (Fsp3) is 0.375. The van der Waals surface area contributed by atoms with Gasteiger partial charge in [-0.1, -0.05) is 24.3 Å². The van der Waals surface area contributed by atoms with Crippen LogP contribution in [0.2, 0.25) is 0 Å². The molecule has 158 valence electrons. The largest absolute Gasteiger partial charge is 0.488 e. The Labute approximate surface area is 180 Å². The SMILES string of the molecule is N#CC1CCCN1C(=O)CN1CC[C@H](Oc2ccccc2-c2nc3ccccc3o2)C1. The van der Waals surface area contributed by atoms with Gasteiger partial charge in [0.25, 0.3) is 0 Å². The maximum absolute atomic E-state index is 12.6. The summed E-state index contributed by atoms with van der Waals surface area (Å²) in [7, 11) is 0. The third-order valence-corrected chi connectivity index (χ3v) is 6.02. The number of amides is 1. The van der Waals surface area contributed by atoms with Gasteiger partial charge in [-0.3, -0.25) is 9.69 Å². The fourth-order valence-electron chi connectivity index (χ4n) is 4.43. The van der Waals surface area contributed by atoms with Crippen LogP contribution in [-0.4, -0.2) is 59.0 Å². The second kappa shape index (κ2) is 8.40. The van der Waals surface area contributed by atoms with Crippen molar-refractivity contribution < 1.29 is 13.9 Å². The van der Waals surface area contributed by atoms with Crippen LogP contribution in [0.1, 0.15) is 19.3 Å². The molecule has 5 rings (SSSR count). The molecule has 7 heteroatoms. The van der Waals surface area contributed by atoms with E-state index in [-0.39, 0.29) is 18.1 Å². The van der Waals surface area contributed by atoms with Crippen molar-refractivity contribution in [3.63, 3.8) is 0 Å². The minimum atomic E-state index is -0.273. The van der Waals surface area contributed by atoms with Crippen LogP contribution in [0.3, 0.4) is 0 Å². The van der Waals surface area contributed by atoms with E-state index in [0.717, 1.165) is 48.2 Å². The predicted octanol–water partition coefficient (Wildman–Crippen LogP) is 3.46. The zero-order chi connectivity index (χ0) is 21.2. The number of benzene rings is 2. The first-order chi connectivity index (χ1) is 15.2. The number of nitriles is 1. The molecule has 0 N–H and O–H groups in total. The summed E-state index contributed by atoms with van der Waals surface area (Å²) in [6.45, 7) is 2.50. The lowest BCUT2D eigenvalue weighted by Gasteiger charge is -2.23. The van der Waals surface area contributed by atoms with E-state index in [9.17, 15) is 10.1 Å². The molecule has 2 atom stereocenters. The van der Waals surface area contributed by atoms with Crippen molar-refractivity contribution in [2.75, 3.05) is 26.2 Å². The molecule has 1 unspecified atom stereocenters. The molecule has 31 heavy (non-hydrogen) atoms. The van der Waals surface area contributed by atoms with Gasteiger partial charge in [0.1, 0.15) is 23.4 Å². The Bertz CT molecular complexity index is 1100. The summed E-state index contributed by atoms with van der Waals surface area (Å²) in [5, 5.41) is 9.23. The molecular formula is C24H24N4O3. The van der Waals surface area contributed by atoms with Gasteiger partial charge in [0, 0.05) is 19.6 Å². The Kier molecular flexibility index (Phi) is 5.31. The monoisotopic (exact) mass is 416 g/mol. The van der Waals surface area contributed by atoms with Crippen LogP contribution >= 0.6 is 0 Å². The number of hydrogen-bond acceptors (Lipinski definition) is 6. The smallest absolute Gasteiger partial charge is 0.237 e. The van der Waals surface area contributed by atoms with Gasteiger partial charge in [0.05, 0.1) is 18.2 Å². The number of ether oxygens (including phenoxy) is 1. The van der Waals surface area contributed by atoms with Crippen molar-refractivity contribution in [2.45, 2.75) is 31.4 Å². The van der Waals surface area contributed by atoms with E-state index in [0.29, 0.717) is 25.5 Å². The number of aromatic nitrogens is 1. The summed E-state index contributed by atoms with van der Waals surface area (Å²) in [6, 6.07) is 17.4. The molecular weight excluding hydrogens is 392 g/mol. The maximum atomic E-state index is 12.6. The van der Waals surface area contributed by atoms with Gasteiger partial charge in [-0.2, -0.15) is 5.26 Å². The third kappa shape index (κ3) is 3.99. The van der Waals surface area contributed by atoms with E-state index in [2.05, 4.69) is 16.0 Å². The van der Waals surface area contributed by atoms with E-state index in [1.54, 1.807) is 4.90 Å². The van der Waals surface area contributed by atoms with Crippen molar-refractivity contribution in [1.29, 1.82) is 5.26 Å². The van der Waals surface area contributed by atoms with Gasteiger partial charge < -0.3 is 14.1 Å². The lowest BCUT2D eigenvalue weighted by molar-refractivity contribution is -0.132. The molecule has 2 aromatic carbocycles. The van der Waals surface area contributed by atoms with Crippen LogP contribution in [0.4, 0.5) is 0 Å². The van der Waals surface area contributed by atoms with Crippen LogP contribution in [0.15, 0.2) is 52.9 Å². The Balaban J connectivity index is 1.25. The van der Waals surface area contributed by atoms with Crippen LogP contribution in [-0.2, 0) is 4.79 Å². The van der Waals surface area contributed by atoms with Crippen molar-refractivity contribution in [3.8, 4) is 23.3 Å². The molecule has 2 saturated heterocycles. The molecule has 3 heterocycles. The van der Waals surface area contributed by atoms with Crippen LogP contribution in [0.5, 0.6) is 5.75 Å². The minimum Gasteiger partial charge on any atom is -0.488 e. The molecule has 2 aliphatic heterocycles. The molecule has 3 aromatic rings. The third-order valence-electron chi connectivity index (χ3n) is 6.02. The lowest BCUT2D eigenvalue weighted by atomic mass is 10.2. The molecule has 0 aliphatic carbocycles. The molecule has 0 saturated carbocycles. The summed E-state index contributed by atoms with van der Waals surface area (Å²) in [6.07, 6.45) is 2.52. The second-order valence-electron chi connectivity index (χ2n) is 8.12. The standard InChI is InChI=1S/C24H24N4O3/c25-14-17-6-5-12-28(17)23(29)16-27-13-11-18(15-27)30-21-9-3-1-7-19(21)24-26-20-8-2-4-10-22(20)31-24/h1-4,7-10,17-18H,5-6,11-13,15-16H2/t17?,18-/m0/s1. The fourth-order valence-corrected chi connectivity index (χ4v) is 4.43. The van der Waals surface area contributed by atoms with Crippen LogP contribution < -0.4 is 4.74 Å². The summed E-state index contributed by atoms with van der Waals surface area (Å²) < 4.78 is 12.3. The van der Waals surface area contributed by atoms with E-state index in [1.807, 2.05) is 48.5 Å². The molecule has 0 spiro atoms. The average Bonchev–Trinajstić information content (AvgIpc) is 3.53. The molecule has 1 aromatic heterocycles. The molecule has 2 aliphatic rings. The first-order valence-electron chi connectivity index (χ1n) is 10.7. The highest BCUT2D eigenvalue weighted by atomic mass is 16.5. The summed E-state index contributed by atoms with van der Waals surface area (Å²) >= 11 is 0. The number of hydrogen-bond donors (Lipinski definition) is 0. The van der Waals surface area contributed by atoms with Gasteiger partial charge >= 0.3 is 0 Å². The Hall–Kier alpha value is -3.37. The summed E-state index contributed by atoms with van der Waals surface area (Å²) in [4.78, 5) is 21.1. The number of nitrogens with zero attached hydrogens (tertiary/aromatic N) is 4. The first kappa shape index (κ1) is 19.6. The first-order valence-corrected chi connectivity index (χ1v) is 10.7.